The fourth-order valence-corrected chi connectivity index (χ4v) is 4.19. The molecular formula is C28H29ClN2O. The van der Waals surface area contributed by atoms with E-state index in [1.165, 1.54) is 33.5 Å². The zero-order valence-corrected chi connectivity index (χ0v) is 19.7. The fourth-order valence-electron chi connectivity index (χ4n) is 4.19. The third-order valence-corrected chi connectivity index (χ3v) is 6.00. The van der Waals surface area contributed by atoms with Gasteiger partial charge in [-0.25, -0.2) is 0 Å². The first-order valence-electron chi connectivity index (χ1n) is 10.9. The van der Waals surface area contributed by atoms with Gasteiger partial charge in [0.1, 0.15) is 18.2 Å². The summed E-state index contributed by atoms with van der Waals surface area (Å²) in [6.07, 6.45) is 2.27. The lowest BCUT2D eigenvalue weighted by atomic mass is 9.87. The molecule has 0 bridgehead atoms. The predicted octanol–water partition coefficient (Wildman–Crippen LogP) is 6.56. The van der Waals surface area contributed by atoms with Crippen molar-refractivity contribution in [1.29, 1.82) is 0 Å². The molecule has 0 N–H and O–H groups in total. The average molecular weight is 445 g/mol. The normalized spacial score (nSPS) is 14.7. The fraction of sp³-hybridized carbons (Fsp3) is 0.250. The molecule has 2 aliphatic rings. The van der Waals surface area contributed by atoms with Crippen LogP contribution in [0.3, 0.4) is 0 Å². The summed E-state index contributed by atoms with van der Waals surface area (Å²) < 4.78 is 6.05. The number of rotatable bonds is 4. The molecule has 0 amide bonds. The highest BCUT2D eigenvalue weighted by atomic mass is 35.5. The highest BCUT2D eigenvalue weighted by Gasteiger charge is 2.28. The van der Waals surface area contributed by atoms with Crippen molar-refractivity contribution >= 4 is 30.0 Å². The van der Waals surface area contributed by atoms with Crippen molar-refractivity contribution in [3.05, 3.63) is 101 Å². The first-order valence-corrected chi connectivity index (χ1v) is 10.9. The van der Waals surface area contributed by atoms with E-state index in [9.17, 15) is 0 Å². The Bertz CT molecular complexity index is 1160. The van der Waals surface area contributed by atoms with Gasteiger partial charge in [-0.15, -0.1) is 12.4 Å². The zero-order chi connectivity index (χ0) is 21.4. The molecule has 0 saturated heterocycles. The Balaban J connectivity index is 0.00000245. The van der Waals surface area contributed by atoms with Crippen LogP contribution in [0.15, 0.2) is 77.8 Å². The molecular weight excluding hydrogens is 416 g/mol. The van der Waals surface area contributed by atoms with Gasteiger partial charge in [0.15, 0.2) is 0 Å². The molecule has 4 heteroatoms. The van der Waals surface area contributed by atoms with E-state index in [2.05, 4.69) is 105 Å². The molecule has 3 aromatic carbocycles. The molecule has 0 radical (unpaired) electrons. The summed E-state index contributed by atoms with van der Waals surface area (Å²) in [5.41, 5.74) is 7.54. The smallest absolute Gasteiger partial charge is 0.136 e. The maximum atomic E-state index is 6.05. The maximum absolute atomic E-state index is 6.05. The number of halogens is 1. The lowest BCUT2D eigenvalue weighted by Gasteiger charge is -2.29. The standard InChI is InChI=1S/C28H28N2O.ClH/c1-28(2,3)23-12-8-20(9-13-23)19-31-24-14-10-21(11-15-24)26-18-22-6-4-5-7-25(22)27-29-16-17-30(26)27;/h4-15,18H,16-17,19H2,1-3H3;1H. The van der Waals surface area contributed by atoms with E-state index in [0.717, 1.165) is 24.7 Å². The molecule has 0 atom stereocenters. The van der Waals surface area contributed by atoms with Crippen LogP contribution in [0.25, 0.3) is 11.8 Å². The molecule has 0 saturated carbocycles. The minimum atomic E-state index is 0. The minimum Gasteiger partial charge on any atom is -0.489 e. The van der Waals surface area contributed by atoms with E-state index >= 15 is 0 Å². The molecule has 0 aromatic heterocycles. The average Bonchev–Trinajstić information content (AvgIpc) is 3.28. The number of hydrogen-bond acceptors (Lipinski definition) is 3. The van der Waals surface area contributed by atoms with Crippen LogP contribution in [0, 0.1) is 0 Å². The Morgan fingerprint density at radius 2 is 1.62 bits per heavy atom. The Labute approximate surface area is 196 Å². The second-order valence-electron chi connectivity index (χ2n) is 9.23. The minimum absolute atomic E-state index is 0. The molecule has 0 unspecified atom stereocenters. The maximum Gasteiger partial charge on any atom is 0.136 e. The first kappa shape index (κ1) is 22.2. The third kappa shape index (κ3) is 4.31. The number of ether oxygens (including phenoxy) is 1. The lowest BCUT2D eigenvalue weighted by molar-refractivity contribution is 0.306. The van der Waals surface area contributed by atoms with Gasteiger partial charge in [-0.2, -0.15) is 0 Å². The molecule has 5 rings (SSSR count). The summed E-state index contributed by atoms with van der Waals surface area (Å²) in [6.45, 7) is 9.05. The van der Waals surface area contributed by atoms with Crippen LogP contribution in [0.1, 0.15) is 48.6 Å². The van der Waals surface area contributed by atoms with Crippen molar-refractivity contribution in [1.82, 2.24) is 4.90 Å². The molecule has 164 valence electrons. The number of aliphatic imine (C=N–C) groups is 1. The highest BCUT2D eigenvalue weighted by molar-refractivity contribution is 6.12. The van der Waals surface area contributed by atoms with E-state index in [-0.39, 0.29) is 17.8 Å². The van der Waals surface area contributed by atoms with Crippen LogP contribution in [-0.2, 0) is 12.0 Å². The van der Waals surface area contributed by atoms with Gasteiger partial charge in [0.05, 0.1) is 12.2 Å². The SMILES string of the molecule is CC(C)(C)c1ccc(COc2ccc(C3=Cc4ccccc4C4=NCCN34)cc2)cc1.Cl. The summed E-state index contributed by atoms with van der Waals surface area (Å²) in [5.74, 6) is 1.97. The number of fused-ring (bicyclic) bond motifs is 3. The molecule has 3 nitrogen and oxygen atoms in total. The summed E-state index contributed by atoms with van der Waals surface area (Å²) in [6, 6.07) is 25.6. The van der Waals surface area contributed by atoms with Gasteiger partial charge < -0.3 is 9.64 Å². The van der Waals surface area contributed by atoms with Gasteiger partial charge in [0, 0.05) is 12.1 Å². The van der Waals surface area contributed by atoms with Crippen LogP contribution in [0.2, 0.25) is 0 Å². The summed E-state index contributed by atoms with van der Waals surface area (Å²) in [4.78, 5) is 7.08. The van der Waals surface area contributed by atoms with Gasteiger partial charge in [0.2, 0.25) is 0 Å². The van der Waals surface area contributed by atoms with Crippen LogP contribution in [-0.4, -0.2) is 23.8 Å². The highest BCUT2D eigenvalue weighted by Crippen LogP contribution is 2.33. The summed E-state index contributed by atoms with van der Waals surface area (Å²) in [7, 11) is 0. The molecule has 2 aliphatic heterocycles. The summed E-state index contributed by atoms with van der Waals surface area (Å²) >= 11 is 0. The van der Waals surface area contributed by atoms with E-state index < -0.39 is 0 Å². The largest absolute Gasteiger partial charge is 0.489 e. The first-order chi connectivity index (χ1) is 15.0. The van der Waals surface area contributed by atoms with Crippen molar-refractivity contribution in [2.45, 2.75) is 32.8 Å². The number of hydrogen-bond donors (Lipinski definition) is 0. The molecule has 0 aliphatic carbocycles. The predicted molar refractivity (Wildman–Crippen MR) is 136 cm³/mol. The molecule has 32 heavy (non-hydrogen) atoms. The van der Waals surface area contributed by atoms with Crippen molar-refractivity contribution in [3.63, 3.8) is 0 Å². The van der Waals surface area contributed by atoms with Crippen molar-refractivity contribution < 1.29 is 4.74 Å². The Morgan fingerprint density at radius 3 is 2.34 bits per heavy atom. The van der Waals surface area contributed by atoms with Gasteiger partial charge in [0.25, 0.3) is 0 Å². The molecule has 0 fully saturated rings. The van der Waals surface area contributed by atoms with Gasteiger partial charge in [-0.05, 0) is 58.0 Å². The Hall–Kier alpha value is -3.04. The van der Waals surface area contributed by atoms with Crippen LogP contribution < -0.4 is 4.74 Å². The number of nitrogens with zero attached hydrogens (tertiary/aromatic N) is 2. The van der Waals surface area contributed by atoms with Gasteiger partial charge >= 0.3 is 0 Å². The lowest BCUT2D eigenvalue weighted by Crippen LogP contribution is -2.30. The van der Waals surface area contributed by atoms with E-state index in [4.69, 9.17) is 9.73 Å². The van der Waals surface area contributed by atoms with Crippen molar-refractivity contribution in [2.75, 3.05) is 13.1 Å². The number of amidine groups is 1. The van der Waals surface area contributed by atoms with E-state index in [0.29, 0.717) is 6.61 Å². The van der Waals surface area contributed by atoms with E-state index in [1.807, 2.05) is 0 Å². The third-order valence-electron chi connectivity index (χ3n) is 6.00. The molecule has 0 spiro atoms. The van der Waals surface area contributed by atoms with Crippen LogP contribution in [0.4, 0.5) is 0 Å². The quantitative estimate of drug-likeness (QED) is 0.455. The Kier molecular flexibility index (Phi) is 6.12. The van der Waals surface area contributed by atoms with Crippen molar-refractivity contribution in [3.8, 4) is 5.75 Å². The van der Waals surface area contributed by atoms with Gasteiger partial charge in [-0.1, -0.05) is 69.3 Å². The van der Waals surface area contributed by atoms with E-state index in [1.54, 1.807) is 0 Å². The van der Waals surface area contributed by atoms with Gasteiger partial charge in [-0.3, -0.25) is 4.99 Å². The van der Waals surface area contributed by atoms with Crippen LogP contribution >= 0.6 is 12.4 Å². The molecule has 3 aromatic rings. The van der Waals surface area contributed by atoms with Crippen molar-refractivity contribution in [2.24, 2.45) is 4.99 Å². The Morgan fingerprint density at radius 1 is 0.906 bits per heavy atom. The summed E-state index contributed by atoms with van der Waals surface area (Å²) in [5, 5.41) is 0. The monoisotopic (exact) mass is 444 g/mol. The zero-order valence-electron chi connectivity index (χ0n) is 18.8. The van der Waals surface area contributed by atoms with Crippen LogP contribution in [0.5, 0.6) is 5.75 Å². The topological polar surface area (TPSA) is 24.8 Å². The second kappa shape index (κ2) is 8.84. The molecule has 2 heterocycles. The number of benzene rings is 3. The second-order valence-corrected chi connectivity index (χ2v) is 9.23.